The van der Waals surface area contributed by atoms with Crippen molar-refractivity contribution in [2.24, 2.45) is 0 Å². The third-order valence-corrected chi connectivity index (χ3v) is 2.66. The van der Waals surface area contributed by atoms with Crippen molar-refractivity contribution in [2.45, 2.75) is 0 Å². The van der Waals surface area contributed by atoms with Crippen molar-refractivity contribution in [3.05, 3.63) is 45.5 Å². The highest BCUT2D eigenvalue weighted by Gasteiger charge is 2.03. The van der Waals surface area contributed by atoms with Gasteiger partial charge in [0.2, 0.25) is 5.88 Å². The Kier molecular flexibility index (Phi) is 3.49. The maximum absolute atomic E-state index is 5.84. The van der Waals surface area contributed by atoms with E-state index in [1.165, 1.54) is 0 Å². The van der Waals surface area contributed by atoms with E-state index in [9.17, 15) is 0 Å². The van der Waals surface area contributed by atoms with Crippen LogP contribution in [0, 0.1) is 0 Å². The second kappa shape index (κ2) is 4.87. The molecule has 82 valence electrons. The minimum absolute atomic E-state index is 0.307. The van der Waals surface area contributed by atoms with Gasteiger partial charge in [0.25, 0.3) is 0 Å². The van der Waals surface area contributed by atoms with Crippen LogP contribution in [-0.4, -0.2) is 10.2 Å². The number of aromatic nitrogens is 2. The first-order valence-electron chi connectivity index (χ1n) is 4.27. The fraction of sp³-hybridized carbons (Fsp3) is 0. The Morgan fingerprint density at radius 3 is 2.31 bits per heavy atom. The molecule has 1 aromatic heterocycles. The molecule has 0 radical (unpaired) electrons. The van der Waals surface area contributed by atoms with E-state index in [1.807, 2.05) is 0 Å². The monoisotopic (exact) mass is 274 g/mol. The van der Waals surface area contributed by atoms with Crippen molar-refractivity contribution in [3.8, 4) is 11.6 Å². The molecule has 0 saturated carbocycles. The number of hydrogen-bond acceptors (Lipinski definition) is 3. The van der Waals surface area contributed by atoms with Crippen molar-refractivity contribution < 1.29 is 4.74 Å². The van der Waals surface area contributed by atoms with Crippen LogP contribution in [0.2, 0.25) is 15.2 Å². The van der Waals surface area contributed by atoms with E-state index in [4.69, 9.17) is 39.5 Å². The van der Waals surface area contributed by atoms with Crippen LogP contribution in [0.25, 0.3) is 0 Å². The average Bonchev–Trinajstić information content (AvgIpc) is 2.27. The SMILES string of the molecule is Clc1ccc(Oc2ccc(Cl)c(Cl)c2)nn1. The summed E-state index contributed by atoms with van der Waals surface area (Å²) in [4.78, 5) is 0. The summed E-state index contributed by atoms with van der Waals surface area (Å²) in [5.74, 6) is 0.869. The molecule has 3 nitrogen and oxygen atoms in total. The van der Waals surface area contributed by atoms with Gasteiger partial charge in [-0.25, -0.2) is 0 Å². The first-order valence-corrected chi connectivity index (χ1v) is 5.41. The Bertz CT molecular complexity index is 502. The van der Waals surface area contributed by atoms with Gasteiger partial charge in [0.05, 0.1) is 10.0 Å². The molecular weight excluding hydrogens is 270 g/mol. The van der Waals surface area contributed by atoms with Gasteiger partial charge in [0.1, 0.15) is 5.75 Å². The lowest BCUT2D eigenvalue weighted by molar-refractivity contribution is 0.455. The van der Waals surface area contributed by atoms with Gasteiger partial charge in [0, 0.05) is 12.1 Å². The molecule has 0 aliphatic carbocycles. The highest BCUT2D eigenvalue weighted by molar-refractivity contribution is 6.42. The molecule has 0 fully saturated rings. The zero-order chi connectivity index (χ0) is 11.5. The lowest BCUT2D eigenvalue weighted by atomic mass is 10.3. The van der Waals surface area contributed by atoms with Crippen LogP contribution in [0.4, 0.5) is 0 Å². The Balaban J connectivity index is 2.20. The van der Waals surface area contributed by atoms with Crippen LogP contribution in [-0.2, 0) is 0 Å². The number of halogens is 3. The number of rotatable bonds is 2. The first-order chi connectivity index (χ1) is 7.65. The summed E-state index contributed by atoms with van der Waals surface area (Å²) in [5, 5.41) is 8.59. The summed E-state index contributed by atoms with van der Waals surface area (Å²) < 4.78 is 5.39. The molecular formula is C10H5Cl3N2O. The molecule has 0 unspecified atom stereocenters. The van der Waals surface area contributed by atoms with Gasteiger partial charge in [0.15, 0.2) is 5.15 Å². The Morgan fingerprint density at radius 2 is 1.69 bits per heavy atom. The Labute approximate surface area is 107 Å². The van der Waals surface area contributed by atoms with E-state index in [0.717, 1.165) is 0 Å². The van der Waals surface area contributed by atoms with Crippen molar-refractivity contribution in [1.29, 1.82) is 0 Å². The average molecular weight is 276 g/mol. The van der Waals surface area contributed by atoms with E-state index in [2.05, 4.69) is 10.2 Å². The van der Waals surface area contributed by atoms with Crippen molar-refractivity contribution >= 4 is 34.8 Å². The molecule has 0 spiro atoms. The highest BCUT2D eigenvalue weighted by atomic mass is 35.5. The lowest BCUT2D eigenvalue weighted by Crippen LogP contribution is -1.90. The van der Waals surface area contributed by atoms with E-state index in [-0.39, 0.29) is 0 Å². The molecule has 16 heavy (non-hydrogen) atoms. The number of benzene rings is 1. The molecule has 0 atom stereocenters. The summed E-state index contributed by atoms with van der Waals surface area (Å²) in [5.41, 5.74) is 0. The number of hydrogen-bond donors (Lipinski definition) is 0. The van der Waals surface area contributed by atoms with Crippen LogP contribution in [0.3, 0.4) is 0 Å². The van der Waals surface area contributed by atoms with Gasteiger partial charge < -0.3 is 4.74 Å². The molecule has 0 aliphatic rings. The fourth-order valence-corrected chi connectivity index (χ4v) is 1.41. The van der Waals surface area contributed by atoms with Gasteiger partial charge in [-0.3, -0.25) is 0 Å². The third-order valence-electron chi connectivity index (χ3n) is 1.72. The van der Waals surface area contributed by atoms with E-state index < -0.39 is 0 Å². The summed E-state index contributed by atoms with van der Waals surface area (Å²) in [6.07, 6.45) is 0. The van der Waals surface area contributed by atoms with Gasteiger partial charge in [-0.15, -0.1) is 10.2 Å². The molecule has 2 aromatic rings. The fourth-order valence-electron chi connectivity index (χ4n) is 1.02. The maximum Gasteiger partial charge on any atom is 0.238 e. The lowest BCUT2D eigenvalue weighted by Gasteiger charge is -2.04. The molecule has 0 aliphatic heterocycles. The minimum Gasteiger partial charge on any atom is -0.437 e. The Morgan fingerprint density at radius 1 is 0.875 bits per heavy atom. The Hall–Kier alpha value is -1.03. The molecule has 2 rings (SSSR count). The number of ether oxygens (including phenoxy) is 1. The number of nitrogens with zero attached hydrogens (tertiary/aromatic N) is 2. The quantitative estimate of drug-likeness (QED) is 0.822. The maximum atomic E-state index is 5.84. The van der Waals surface area contributed by atoms with Gasteiger partial charge in [-0.05, 0) is 18.2 Å². The van der Waals surface area contributed by atoms with Crippen molar-refractivity contribution in [2.75, 3.05) is 0 Å². The molecule has 0 amide bonds. The van der Waals surface area contributed by atoms with Crippen LogP contribution >= 0.6 is 34.8 Å². The van der Waals surface area contributed by atoms with Gasteiger partial charge in [-0.1, -0.05) is 34.8 Å². The largest absolute Gasteiger partial charge is 0.437 e. The van der Waals surface area contributed by atoms with Gasteiger partial charge >= 0.3 is 0 Å². The zero-order valence-electron chi connectivity index (χ0n) is 7.82. The van der Waals surface area contributed by atoms with Crippen LogP contribution in [0.1, 0.15) is 0 Å². The van der Waals surface area contributed by atoms with Crippen molar-refractivity contribution in [3.63, 3.8) is 0 Å². The summed E-state index contributed by atoms with van der Waals surface area (Å²) >= 11 is 17.2. The first kappa shape index (κ1) is 11.5. The third kappa shape index (κ3) is 2.76. The predicted molar refractivity (Wildman–Crippen MR) is 63.6 cm³/mol. The topological polar surface area (TPSA) is 35.0 Å². The molecule has 1 heterocycles. The smallest absolute Gasteiger partial charge is 0.238 e. The van der Waals surface area contributed by atoms with E-state index in [0.29, 0.717) is 26.8 Å². The van der Waals surface area contributed by atoms with Crippen LogP contribution in [0.15, 0.2) is 30.3 Å². The van der Waals surface area contributed by atoms with E-state index >= 15 is 0 Å². The molecule has 0 N–H and O–H groups in total. The summed E-state index contributed by atoms with van der Waals surface area (Å²) in [6.45, 7) is 0. The standard InChI is InChI=1S/C10H5Cl3N2O/c11-7-2-1-6(5-8(7)12)16-10-4-3-9(13)14-15-10/h1-5H. The normalized spacial score (nSPS) is 10.2. The zero-order valence-corrected chi connectivity index (χ0v) is 10.1. The van der Waals surface area contributed by atoms with E-state index in [1.54, 1.807) is 30.3 Å². The summed E-state index contributed by atoms with van der Waals surface area (Å²) in [7, 11) is 0. The summed E-state index contributed by atoms with van der Waals surface area (Å²) in [6, 6.07) is 8.12. The second-order valence-corrected chi connectivity index (χ2v) is 4.07. The molecule has 0 bridgehead atoms. The molecule has 6 heteroatoms. The molecule has 1 aromatic carbocycles. The highest BCUT2D eigenvalue weighted by Crippen LogP contribution is 2.28. The minimum atomic E-state index is 0.307. The van der Waals surface area contributed by atoms with Gasteiger partial charge in [-0.2, -0.15) is 0 Å². The second-order valence-electron chi connectivity index (χ2n) is 2.87. The van der Waals surface area contributed by atoms with Crippen LogP contribution < -0.4 is 4.74 Å². The van der Waals surface area contributed by atoms with Crippen LogP contribution in [0.5, 0.6) is 11.6 Å². The molecule has 0 saturated heterocycles. The predicted octanol–water partition coefficient (Wildman–Crippen LogP) is 4.23. The van der Waals surface area contributed by atoms with Crippen molar-refractivity contribution in [1.82, 2.24) is 10.2 Å².